The lowest BCUT2D eigenvalue weighted by molar-refractivity contribution is 0.0691. The Morgan fingerprint density at radius 1 is 1.25 bits per heavy atom. The van der Waals surface area contributed by atoms with E-state index in [9.17, 15) is 9.18 Å². The van der Waals surface area contributed by atoms with Crippen molar-refractivity contribution in [3.8, 4) is 5.75 Å². The minimum Gasteiger partial charge on any atom is -0.488 e. The minimum absolute atomic E-state index is 0.0926. The smallest absolute Gasteiger partial charge is 0.339 e. The monoisotopic (exact) mass is 314 g/mol. The summed E-state index contributed by atoms with van der Waals surface area (Å²) in [4.78, 5) is 11.1. The largest absolute Gasteiger partial charge is 0.488 e. The summed E-state index contributed by atoms with van der Waals surface area (Å²) < 4.78 is 18.9. The van der Waals surface area contributed by atoms with Crippen LogP contribution in [0.2, 0.25) is 10.0 Å². The summed E-state index contributed by atoms with van der Waals surface area (Å²) in [5.74, 6) is -1.59. The molecule has 0 aliphatic heterocycles. The molecular weight excluding hydrogens is 306 g/mol. The van der Waals surface area contributed by atoms with Gasteiger partial charge in [-0.05, 0) is 30.3 Å². The summed E-state index contributed by atoms with van der Waals surface area (Å²) in [6.45, 7) is -0.173. The van der Waals surface area contributed by atoms with Crippen LogP contribution in [0.3, 0.4) is 0 Å². The number of benzene rings is 2. The van der Waals surface area contributed by atoms with Crippen molar-refractivity contribution in [3.63, 3.8) is 0 Å². The van der Waals surface area contributed by atoms with E-state index in [1.807, 2.05) is 0 Å². The number of halogens is 3. The fourth-order valence-electron chi connectivity index (χ4n) is 1.62. The molecule has 0 unspecified atom stereocenters. The molecule has 3 nitrogen and oxygen atoms in total. The van der Waals surface area contributed by atoms with E-state index in [1.54, 1.807) is 0 Å². The first kappa shape index (κ1) is 14.6. The van der Waals surface area contributed by atoms with E-state index in [1.165, 1.54) is 36.4 Å². The first-order valence-corrected chi connectivity index (χ1v) is 6.33. The Hall–Kier alpha value is -1.78. The summed E-state index contributed by atoms with van der Waals surface area (Å²) in [7, 11) is 0. The van der Waals surface area contributed by atoms with E-state index in [4.69, 9.17) is 33.0 Å². The van der Waals surface area contributed by atoms with E-state index in [0.29, 0.717) is 0 Å². The molecule has 0 saturated carbocycles. The molecular formula is C14H9Cl2FO3. The second-order valence-electron chi connectivity index (χ2n) is 3.93. The van der Waals surface area contributed by atoms with Gasteiger partial charge in [-0.2, -0.15) is 0 Å². The summed E-state index contributed by atoms with van der Waals surface area (Å²) in [5, 5.41) is 9.55. The van der Waals surface area contributed by atoms with Crippen molar-refractivity contribution in [1.82, 2.24) is 0 Å². The highest BCUT2D eigenvalue weighted by molar-refractivity contribution is 6.31. The van der Waals surface area contributed by atoms with Gasteiger partial charge in [0.2, 0.25) is 0 Å². The van der Waals surface area contributed by atoms with Crippen molar-refractivity contribution in [2.24, 2.45) is 0 Å². The highest BCUT2D eigenvalue weighted by atomic mass is 35.5. The predicted molar refractivity (Wildman–Crippen MR) is 74.2 cm³/mol. The maximum absolute atomic E-state index is 13.6. The van der Waals surface area contributed by atoms with Crippen molar-refractivity contribution in [3.05, 3.63) is 63.4 Å². The molecule has 2 aromatic carbocycles. The topological polar surface area (TPSA) is 46.5 Å². The van der Waals surface area contributed by atoms with Crippen molar-refractivity contribution in [2.45, 2.75) is 6.61 Å². The van der Waals surface area contributed by atoms with Gasteiger partial charge < -0.3 is 9.84 Å². The Balaban J connectivity index is 2.25. The molecule has 0 fully saturated rings. The number of rotatable bonds is 4. The Kier molecular flexibility index (Phi) is 4.47. The molecule has 20 heavy (non-hydrogen) atoms. The van der Waals surface area contributed by atoms with E-state index in [0.717, 1.165) is 0 Å². The van der Waals surface area contributed by atoms with Crippen LogP contribution in [-0.2, 0) is 6.61 Å². The molecule has 0 radical (unpaired) electrons. The Morgan fingerprint density at radius 2 is 2.00 bits per heavy atom. The van der Waals surface area contributed by atoms with Gasteiger partial charge in [-0.1, -0.05) is 29.3 Å². The molecule has 0 atom stereocenters. The van der Waals surface area contributed by atoms with Crippen molar-refractivity contribution >= 4 is 29.2 Å². The van der Waals surface area contributed by atoms with Crippen molar-refractivity contribution < 1.29 is 19.0 Å². The van der Waals surface area contributed by atoms with Crippen LogP contribution in [-0.4, -0.2) is 11.1 Å². The number of carboxylic acid groups (broad SMARTS) is 1. The van der Waals surface area contributed by atoms with E-state index in [2.05, 4.69) is 0 Å². The first-order chi connectivity index (χ1) is 9.49. The third-order valence-corrected chi connectivity index (χ3v) is 3.19. The third kappa shape index (κ3) is 3.21. The molecule has 0 amide bonds. The highest BCUT2D eigenvalue weighted by Crippen LogP contribution is 2.26. The fourth-order valence-corrected chi connectivity index (χ4v) is 2.01. The SMILES string of the molecule is O=C(O)c1cc(Cl)ccc1OCc1c(F)cccc1Cl. The molecule has 0 aliphatic rings. The number of hydrogen-bond acceptors (Lipinski definition) is 2. The van der Waals surface area contributed by atoms with E-state index in [-0.39, 0.29) is 33.5 Å². The van der Waals surface area contributed by atoms with Crippen molar-refractivity contribution in [2.75, 3.05) is 0 Å². The van der Waals surface area contributed by atoms with Gasteiger partial charge in [-0.3, -0.25) is 0 Å². The quantitative estimate of drug-likeness (QED) is 0.909. The highest BCUT2D eigenvalue weighted by Gasteiger charge is 2.14. The number of aromatic carboxylic acids is 1. The van der Waals surface area contributed by atoms with Crippen LogP contribution in [0.25, 0.3) is 0 Å². The molecule has 0 saturated heterocycles. The molecule has 1 N–H and O–H groups in total. The number of hydrogen-bond donors (Lipinski definition) is 1. The van der Waals surface area contributed by atoms with Crippen LogP contribution in [0.4, 0.5) is 4.39 Å². The standard InChI is InChI=1S/C14H9Cl2FO3/c15-8-4-5-13(9(6-8)14(18)19)20-7-10-11(16)2-1-3-12(10)17/h1-6H,7H2,(H,18,19). The number of ether oxygens (including phenoxy) is 1. The van der Waals surface area contributed by atoms with Gasteiger partial charge in [0.05, 0.1) is 5.02 Å². The lowest BCUT2D eigenvalue weighted by atomic mass is 10.2. The maximum atomic E-state index is 13.6. The second-order valence-corrected chi connectivity index (χ2v) is 4.78. The van der Waals surface area contributed by atoms with E-state index >= 15 is 0 Å². The van der Waals surface area contributed by atoms with Crippen LogP contribution in [0.1, 0.15) is 15.9 Å². The molecule has 2 aromatic rings. The Morgan fingerprint density at radius 3 is 2.65 bits per heavy atom. The van der Waals surface area contributed by atoms with Gasteiger partial charge >= 0.3 is 5.97 Å². The maximum Gasteiger partial charge on any atom is 0.339 e. The van der Waals surface area contributed by atoms with Crippen LogP contribution in [0.15, 0.2) is 36.4 Å². The fraction of sp³-hybridized carbons (Fsp3) is 0.0714. The zero-order valence-corrected chi connectivity index (χ0v) is 11.6. The number of carbonyl (C=O) groups is 1. The third-order valence-electron chi connectivity index (χ3n) is 2.61. The Labute approximate surface area is 124 Å². The minimum atomic E-state index is -1.18. The van der Waals surface area contributed by atoms with Gasteiger partial charge in [-0.15, -0.1) is 0 Å². The lowest BCUT2D eigenvalue weighted by Gasteiger charge is -2.11. The average Bonchev–Trinajstić information content (AvgIpc) is 2.39. The van der Waals surface area contributed by atoms with Crippen molar-refractivity contribution in [1.29, 1.82) is 0 Å². The molecule has 104 valence electrons. The summed E-state index contributed by atoms with van der Waals surface area (Å²) in [5.41, 5.74) is 0.0745. The summed E-state index contributed by atoms with van der Waals surface area (Å²) in [6, 6.07) is 8.44. The second kappa shape index (κ2) is 6.11. The van der Waals surface area contributed by atoms with E-state index < -0.39 is 11.8 Å². The summed E-state index contributed by atoms with van der Waals surface area (Å²) >= 11 is 11.6. The molecule has 0 heterocycles. The van der Waals surface area contributed by atoms with Gasteiger partial charge in [0.1, 0.15) is 23.7 Å². The van der Waals surface area contributed by atoms with Crippen LogP contribution in [0.5, 0.6) is 5.75 Å². The van der Waals surface area contributed by atoms with Crippen LogP contribution < -0.4 is 4.74 Å². The number of carboxylic acids is 1. The molecule has 6 heteroatoms. The zero-order valence-electron chi connectivity index (χ0n) is 10.1. The average molecular weight is 315 g/mol. The van der Waals surface area contributed by atoms with Crippen LogP contribution in [0, 0.1) is 5.82 Å². The predicted octanol–water partition coefficient (Wildman–Crippen LogP) is 4.41. The van der Waals surface area contributed by atoms with Gasteiger partial charge in [-0.25, -0.2) is 9.18 Å². The normalized spacial score (nSPS) is 10.3. The summed E-state index contributed by atoms with van der Waals surface area (Å²) in [6.07, 6.45) is 0. The zero-order chi connectivity index (χ0) is 14.7. The molecule has 0 aliphatic carbocycles. The van der Waals surface area contributed by atoms with Gasteiger partial charge in [0, 0.05) is 10.6 Å². The van der Waals surface area contributed by atoms with Gasteiger partial charge in [0.15, 0.2) is 0 Å². The van der Waals surface area contributed by atoms with Crippen LogP contribution >= 0.6 is 23.2 Å². The first-order valence-electron chi connectivity index (χ1n) is 5.57. The molecule has 0 spiro atoms. The molecule has 0 aromatic heterocycles. The molecule has 2 rings (SSSR count). The van der Waals surface area contributed by atoms with Gasteiger partial charge in [0.25, 0.3) is 0 Å². The lowest BCUT2D eigenvalue weighted by Crippen LogP contribution is -2.05. The molecule has 0 bridgehead atoms. The Bertz CT molecular complexity index is 639.